The van der Waals surface area contributed by atoms with Gasteiger partial charge in [-0.15, -0.1) is 0 Å². The molecule has 0 amide bonds. The van der Waals surface area contributed by atoms with Crippen molar-refractivity contribution in [2.45, 2.75) is 31.7 Å². The van der Waals surface area contributed by atoms with Crippen molar-refractivity contribution in [3.05, 3.63) is 12.2 Å². The Hall–Kier alpha value is -0.340. The van der Waals surface area contributed by atoms with Crippen LogP contribution in [0.2, 0.25) is 0 Å². The van der Waals surface area contributed by atoms with Crippen LogP contribution in [0.25, 0.3) is 0 Å². The highest BCUT2D eigenvalue weighted by molar-refractivity contribution is 5.12. The van der Waals surface area contributed by atoms with Crippen molar-refractivity contribution in [3.63, 3.8) is 0 Å². The van der Waals surface area contributed by atoms with Crippen molar-refractivity contribution in [2.24, 2.45) is 23.0 Å². The number of hydrogen-bond donors (Lipinski definition) is 1. The molecule has 2 fully saturated rings. The van der Waals surface area contributed by atoms with Gasteiger partial charge in [0.15, 0.2) is 0 Å². The fourth-order valence-electron chi connectivity index (χ4n) is 3.21. The second-order valence-electron chi connectivity index (χ2n) is 5.30. The molecule has 0 aromatic rings. The minimum Gasteiger partial charge on any atom is -0.380 e. The van der Waals surface area contributed by atoms with E-state index in [-0.39, 0.29) is 0 Å². The van der Waals surface area contributed by atoms with E-state index in [1.54, 1.807) is 0 Å². The molecule has 0 aromatic carbocycles. The van der Waals surface area contributed by atoms with E-state index in [2.05, 4.69) is 12.2 Å². The first-order valence-electron chi connectivity index (χ1n) is 5.79. The average molecular weight is 193 g/mol. The first kappa shape index (κ1) is 8.93. The molecule has 0 spiro atoms. The highest BCUT2D eigenvalue weighted by atomic mass is 16.5. The molecule has 1 heterocycles. The van der Waals surface area contributed by atoms with Gasteiger partial charge in [-0.25, -0.2) is 0 Å². The highest BCUT2D eigenvalue weighted by Gasteiger charge is 2.61. The van der Waals surface area contributed by atoms with Gasteiger partial charge in [-0.3, -0.25) is 0 Å². The molecule has 14 heavy (non-hydrogen) atoms. The molecule has 3 atom stereocenters. The zero-order chi connectivity index (χ0) is 9.60. The third kappa shape index (κ3) is 1.24. The fourth-order valence-corrected chi connectivity index (χ4v) is 3.21. The van der Waals surface area contributed by atoms with E-state index in [0.717, 1.165) is 25.0 Å². The lowest BCUT2D eigenvalue weighted by Crippen LogP contribution is -2.35. The Kier molecular flexibility index (Phi) is 1.96. The SMILES string of the molecule is NC(CC1CC=CC1)C12COCC1C2. The third-order valence-electron chi connectivity index (χ3n) is 4.40. The first-order valence-corrected chi connectivity index (χ1v) is 5.79. The third-order valence-corrected chi connectivity index (χ3v) is 4.40. The van der Waals surface area contributed by atoms with E-state index in [9.17, 15) is 0 Å². The molecule has 2 aliphatic carbocycles. The van der Waals surface area contributed by atoms with Gasteiger partial charge in [-0.05, 0) is 37.5 Å². The summed E-state index contributed by atoms with van der Waals surface area (Å²) >= 11 is 0. The quantitative estimate of drug-likeness (QED) is 0.692. The van der Waals surface area contributed by atoms with Gasteiger partial charge in [-0.1, -0.05) is 12.2 Å². The van der Waals surface area contributed by atoms with Crippen LogP contribution in [-0.2, 0) is 4.74 Å². The Bertz CT molecular complexity index is 255. The fraction of sp³-hybridized carbons (Fsp3) is 0.833. The summed E-state index contributed by atoms with van der Waals surface area (Å²) in [5.74, 6) is 1.62. The van der Waals surface area contributed by atoms with Crippen LogP contribution in [0.1, 0.15) is 25.7 Å². The topological polar surface area (TPSA) is 35.2 Å². The summed E-state index contributed by atoms with van der Waals surface area (Å²) in [6.45, 7) is 1.90. The van der Waals surface area contributed by atoms with E-state index in [0.29, 0.717) is 11.5 Å². The molecule has 1 aliphatic heterocycles. The Morgan fingerprint density at radius 3 is 2.79 bits per heavy atom. The monoisotopic (exact) mass is 193 g/mol. The molecule has 2 N–H and O–H groups in total. The molecule has 2 heteroatoms. The van der Waals surface area contributed by atoms with E-state index in [1.807, 2.05) is 0 Å². The number of hydrogen-bond acceptors (Lipinski definition) is 2. The van der Waals surface area contributed by atoms with Gasteiger partial charge in [0.25, 0.3) is 0 Å². The lowest BCUT2D eigenvalue weighted by Gasteiger charge is -2.23. The summed E-state index contributed by atoms with van der Waals surface area (Å²) in [7, 11) is 0. The largest absolute Gasteiger partial charge is 0.380 e. The second-order valence-corrected chi connectivity index (χ2v) is 5.30. The van der Waals surface area contributed by atoms with Gasteiger partial charge < -0.3 is 10.5 Å². The highest BCUT2D eigenvalue weighted by Crippen LogP contribution is 2.59. The van der Waals surface area contributed by atoms with Crippen LogP contribution < -0.4 is 5.73 Å². The zero-order valence-corrected chi connectivity index (χ0v) is 8.61. The Labute approximate surface area is 85.5 Å². The maximum atomic E-state index is 6.33. The summed E-state index contributed by atoms with van der Waals surface area (Å²) in [5.41, 5.74) is 6.73. The lowest BCUT2D eigenvalue weighted by atomic mass is 9.87. The van der Waals surface area contributed by atoms with Crippen LogP contribution in [0.4, 0.5) is 0 Å². The maximum Gasteiger partial charge on any atom is 0.0541 e. The molecule has 0 aromatic heterocycles. The van der Waals surface area contributed by atoms with Crippen molar-refractivity contribution in [2.75, 3.05) is 13.2 Å². The smallest absolute Gasteiger partial charge is 0.0541 e. The zero-order valence-electron chi connectivity index (χ0n) is 8.61. The molecule has 78 valence electrons. The van der Waals surface area contributed by atoms with E-state index >= 15 is 0 Å². The van der Waals surface area contributed by atoms with Gasteiger partial charge in [-0.2, -0.15) is 0 Å². The lowest BCUT2D eigenvalue weighted by molar-refractivity contribution is 0.135. The first-order chi connectivity index (χ1) is 6.81. The van der Waals surface area contributed by atoms with Crippen LogP contribution in [0, 0.1) is 17.3 Å². The van der Waals surface area contributed by atoms with Crippen LogP contribution in [0.5, 0.6) is 0 Å². The minimum atomic E-state index is 0.389. The summed E-state index contributed by atoms with van der Waals surface area (Å²) in [4.78, 5) is 0. The van der Waals surface area contributed by atoms with Crippen LogP contribution in [0.15, 0.2) is 12.2 Å². The van der Waals surface area contributed by atoms with Crippen LogP contribution in [0.3, 0.4) is 0 Å². The maximum absolute atomic E-state index is 6.33. The predicted molar refractivity (Wildman–Crippen MR) is 55.8 cm³/mol. The molecular formula is C12H19NO. The second kappa shape index (κ2) is 3.07. The van der Waals surface area contributed by atoms with Gasteiger partial charge >= 0.3 is 0 Å². The Morgan fingerprint density at radius 2 is 2.21 bits per heavy atom. The number of fused-ring (bicyclic) bond motifs is 1. The van der Waals surface area contributed by atoms with E-state index < -0.39 is 0 Å². The standard InChI is InChI=1S/C12H19NO/c13-11(5-9-3-1-2-4-9)12-6-10(12)7-14-8-12/h1-2,9-11H,3-8,13H2. The molecule has 0 bridgehead atoms. The minimum absolute atomic E-state index is 0.389. The summed E-state index contributed by atoms with van der Waals surface area (Å²) < 4.78 is 5.50. The van der Waals surface area contributed by atoms with Crippen molar-refractivity contribution < 1.29 is 4.74 Å². The Morgan fingerprint density at radius 1 is 1.43 bits per heavy atom. The van der Waals surface area contributed by atoms with Gasteiger partial charge in [0.05, 0.1) is 13.2 Å². The molecule has 3 aliphatic rings. The molecule has 3 unspecified atom stereocenters. The molecule has 1 saturated heterocycles. The van der Waals surface area contributed by atoms with Gasteiger partial charge in [0, 0.05) is 11.5 Å². The summed E-state index contributed by atoms with van der Waals surface area (Å²) in [6, 6.07) is 0.389. The number of allylic oxidation sites excluding steroid dienone is 2. The van der Waals surface area contributed by atoms with E-state index in [1.165, 1.54) is 25.7 Å². The molecule has 2 nitrogen and oxygen atoms in total. The number of ether oxygens (including phenoxy) is 1. The number of nitrogens with two attached hydrogens (primary N) is 1. The Balaban J connectivity index is 1.58. The molecule has 3 rings (SSSR count). The summed E-state index contributed by atoms with van der Waals surface area (Å²) in [5, 5.41) is 0. The van der Waals surface area contributed by atoms with Crippen molar-refractivity contribution in [3.8, 4) is 0 Å². The van der Waals surface area contributed by atoms with E-state index in [4.69, 9.17) is 10.5 Å². The normalized spacial score (nSPS) is 42.8. The van der Waals surface area contributed by atoms with Gasteiger partial charge in [0.1, 0.15) is 0 Å². The van der Waals surface area contributed by atoms with Crippen molar-refractivity contribution in [1.82, 2.24) is 0 Å². The van der Waals surface area contributed by atoms with Crippen molar-refractivity contribution in [1.29, 1.82) is 0 Å². The number of rotatable bonds is 3. The average Bonchev–Trinajstić information content (AvgIpc) is 2.62. The van der Waals surface area contributed by atoms with Crippen LogP contribution >= 0.6 is 0 Å². The summed E-state index contributed by atoms with van der Waals surface area (Å²) in [6.07, 6.45) is 9.61. The molecule has 1 saturated carbocycles. The van der Waals surface area contributed by atoms with Crippen LogP contribution in [-0.4, -0.2) is 19.3 Å². The molecule has 0 radical (unpaired) electrons. The predicted octanol–water partition coefficient (Wildman–Crippen LogP) is 1.71. The van der Waals surface area contributed by atoms with Gasteiger partial charge in [0.2, 0.25) is 0 Å². The van der Waals surface area contributed by atoms with Crippen molar-refractivity contribution >= 4 is 0 Å². The molecular weight excluding hydrogens is 174 g/mol.